The molecule has 3 rings (SSSR count). The molecule has 1 amide bonds. The molecule has 5 heteroatoms. The molecule has 108 valence electrons. The summed E-state index contributed by atoms with van der Waals surface area (Å²) in [6.45, 7) is 4.57. The van der Waals surface area contributed by atoms with Crippen LogP contribution in [0.4, 0.5) is 5.69 Å². The molecule has 1 spiro atoms. The summed E-state index contributed by atoms with van der Waals surface area (Å²) in [6, 6.07) is 5.48. The van der Waals surface area contributed by atoms with Crippen molar-refractivity contribution in [2.75, 3.05) is 32.0 Å². The fourth-order valence-corrected chi connectivity index (χ4v) is 2.95. The maximum atomic E-state index is 12.5. The second kappa shape index (κ2) is 5.07. The van der Waals surface area contributed by atoms with E-state index in [2.05, 4.69) is 0 Å². The van der Waals surface area contributed by atoms with Crippen molar-refractivity contribution in [2.45, 2.75) is 25.6 Å². The first-order valence-corrected chi connectivity index (χ1v) is 7.02. The van der Waals surface area contributed by atoms with Crippen LogP contribution in [0.15, 0.2) is 18.2 Å². The predicted molar refractivity (Wildman–Crippen MR) is 75.4 cm³/mol. The Morgan fingerprint density at radius 3 is 2.45 bits per heavy atom. The summed E-state index contributed by atoms with van der Waals surface area (Å²) in [5.74, 6) is -0.407. The molecular weight excluding hydrogens is 256 g/mol. The summed E-state index contributed by atoms with van der Waals surface area (Å²) in [6.07, 6.45) is 1.47. The van der Waals surface area contributed by atoms with Crippen LogP contribution in [0, 0.1) is 6.92 Å². The Morgan fingerprint density at radius 2 is 1.85 bits per heavy atom. The lowest BCUT2D eigenvalue weighted by Crippen LogP contribution is -2.47. The molecule has 5 nitrogen and oxygen atoms in total. The van der Waals surface area contributed by atoms with Crippen LogP contribution >= 0.6 is 0 Å². The lowest BCUT2D eigenvalue weighted by Gasteiger charge is -2.37. The van der Waals surface area contributed by atoms with Gasteiger partial charge < -0.3 is 20.1 Å². The molecule has 0 atom stereocenters. The molecule has 2 saturated heterocycles. The van der Waals surface area contributed by atoms with Gasteiger partial charge in [0.25, 0.3) is 5.91 Å². The average molecular weight is 276 g/mol. The maximum Gasteiger partial charge on any atom is 0.253 e. The zero-order chi connectivity index (χ0) is 14.2. The average Bonchev–Trinajstić information content (AvgIpc) is 2.86. The SMILES string of the molecule is Cc1cc(N)cc(C(=O)N2CCC3(CC2)OCCO3)c1. The molecule has 2 aliphatic rings. The van der Waals surface area contributed by atoms with Gasteiger partial charge in [0.1, 0.15) is 0 Å². The highest BCUT2D eigenvalue weighted by Crippen LogP contribution is 2.31. The van der Waals surface area contributed by atoms with E-state index in [0.717, 1.165) is 18.4 Å². The van der Waals surface area contributed by atoms with E-state index in [1.165, 1.54) is 0 Å². The van der Waals surface area contributed by atoms with Gasteiger partial charge in [-0.15, -0.1) is 0 Å². The highest BCUT2D eigenvalue weighted by Gasteiger charge is 2.40. The van der Waals surface area contributed by atoms with E-state index >= 15 is 0 Å². The maximum absolute atomic E-state index is 12.5. The number of amides is 1. The third-order valence-corrected chi connectivity index (χ3v) is 3.97. The molecule has 2 fully saturated rings. The number of piperidine rings is 1. The first kappa shape index (κ1) is 13.4. The standard InChI is InChI=1S/C15H20N2O3/c1-11-8-12(10-13(16)9-11)14(18)17-4-2-15(3-5-17)19-6-7-20-15/h8-10H,2-7,16H2,1H3. The molecule has 2 N–H and O–H groups in total. The van der Waals surface area contributed by atoms with Crippen molar-refractivity contribution in [3.63, 3.8) is 0 Å². The van der Waals surface area contributed by atoms with Gasteiger partial charge in [-0.25, -0.2) is 0 Å². The number of nitrogens with zero attached hydrogens (tertiary/aromatic N) is 1. The van der Waals surface area contributed by atoms with Gasteiger partial charge in [-0.2, -0.15) is 0 Å². The van der Waals surface area contributed by atoms with Crippen molar-refractivity contribution >= 4 is 11.6 Å². The van der Waals surface area contributed by atoms with Gasteiger partial charge in [-0.1, -0.05) is 0 Å². The van der Waals surface area contributed by atoms with Crippen LogP contribution < -0.4 is 5.73 Å². The van der Waals surface area contributed by atoms with Gasteiger partial charge in [0, 0.05) is 37.2 Å². The Labute approximate surface area is 118 Å². The Bertz CT molecular complexity index is 494. The van der Waals surface area contributed by atoms with Crippen molar-refractivity contribution in [3.05, 3.63) is 29.3 Å². The van der Waals surface area contributed by atoms with Gasteiger partial charge in [-0.3, -0.25) is 4.79 Å². The zero-order valence-electron chi connectivity index (χ0n) is 11.7. The van der Waals surface area contributed by atoms with Crippen molar-refractivity contribution in [3.8, 4) is 0 Å². The number of ether oxygens (including phenoxy) is 2. The van der Waals surface area contributed by atoms with Crippen molar-refractivity contribution < 1.29 is 14.3 Å². The molecule has 0 radical (unpaired) electrons. The fraction of sp³-hybridized carbons (Fsp3) is 0.533. The second-order valence-electron chi connectivity index (χ2n) is 5.53. The monoisotopic (exact) mass is 276 g/mol. The molecule has 1 aromatic rings. The summed E-state index contributed by atoms with van der Waals surface area (Å²) >= 11 is 0. The van der Waals surface area contributed by atoms with E-state index in [1.807, 2.05) is 24.0 Å². The smallest absolute Gasteiger partial charge is 0.253 e. The van der Waals surface area contributed by atoms with Crippen molar-refractivity contribution in [1.82, 2.24) is 4.90 Å². The molecule has 2 aliphatic heterocycles. The number of nitrogen functional groups attached to an aromatic ring is 1. The highest BCUT2D eigenvalue weighted by molar-refractivity contribution is 5.95. The molecule has 2 heterocycles. The number of anilines is 1. The Morgan fingerprint density at radius 1 is 1.20 bits per heavy atom. The summed E-state index contributed by atoms with van der Waals surface area (Å²) in [7, 11) is 0. The van der Waals surface area contributed by atoms with E-state index in [-0.39, 0.29) is 5.91 Å². The van der Waals surface area contributed by atoms with Gasteiger partial charge in [0.2, 0.25) is 0 Å². The molecule has 0 bridgehead atoms. The van der Waals surface area contributed by atoms with Crippen molar-refractivity contribution in [1.29, 1.82) is 0 Å². The predicted octanol–water partition coefficient (Wildman–Crippen LogP) is 1.56. The Kier molecular flexibility index (Phi) is 3.40. The minimum absolute atomic E-state index is 0.0354. The largest absolute Gasteiger partial charge is 0.399 e. The van der Waals surface area contributed by atoms with Crippen LogP contribution in [0.1, 0.15) is 28.8 Å². The number of hydrogen-bond donors (Lipinski definition) is 1. The van der Waals surface area contributed by atoms with Crippen LogP contribution in [0.3, 0.4) is 0 Å². The van der Waals surface area contributed by atoms with Crippen LogP contribution in [-0.2, 0) is 9.47 Å². The van der Waals surface area contributed by atoms with Crippen molar-refractivity contribution in [2.24, 2.45) is 0 Å². The number of likely N-dealkylation sites (tertiary alicyclic amines) is 1. The van der Waals surface area contributed by atoms with Gasteiger partial charge in [-0.05, 0) is 30.7 Å². The fourth-order valence-electron chi connectivity index (χ4n) is 2.95. The van der Waals surface area contributed by atoms with Crippen LogP contribution in [0.2, 0.25) is 0 Å². The number of rotatable bonds is 1. The molecule has 20 heavy (non-hydrogen) atoms. The molecular formula is C15H20N2O3. The van der Waals surface area contributed by atoms with Crippen LogP contribution in [0.25, 0.3) is 0 Å². The quantitative estimate of drug-likeness (QED) is 0.791. The van der Waals surface area contributed by atoms with Crippen LogP contribution in [-0.4, -0.2) is 42.9 Å². The summed E-state index contributed by atoms with van der Waals surface area (Å²) in [5.41, 5.74) is 8.10. The molecule has 0 aromatic heterocycles. The number of benzene rings is 1. The van der Waals surface area contributed by atoms with Gasteiger partial charge in [0.05, 0.1) is 13.2 Å². The number of hydrogen-bond acceptors (Lipinski definition) is 4. The van der Waals surface area contributed by atoms with E-state index < -0.39 is 5.79 Å². The summed E-state index contributed by atoms with van der Waals surface area (Å²) in [5, 5.41) is 0. The van der Waals surface area contributed by atoms with E-state index in [4.69, 9.17) is 15.2 Å². The number of aryl methyl sites for hydroxylation is 1. The number of nitrogens with two attached hydrogens (primary N) is 1. The second-order valence-corrected chi connectivity index (χ2v) is 5.53. The topological polar surface area (TPSA) is 64.8 Å². The third kappa shape index (κ3) is 2.51. The lowest BCUT2D eigenvalue weighted by atomic mass is 10.0. The first-order valence-electron chi connectivity index (χ1n) is 7.02. The lowest BCUT2D eigenvalue weighted by molar-refractivity contribution is -0.181. The Hall–Kier alpha value is -1.59. The molecule has 0 unspecified atom stereocenters. The van der Waals surface area contributed by atoms with E-state index in [9.17, 15) is 4.79 Å². The zero-order valence-corrected chi connectivity index (χ0v) is 11.7. The molecule has 1 aromatic carbocycles. The molecule has 0 saturated carbocycles. The Balaban J connectivity index is 1.69. The van der Waals surface area contributed by atoms with E-state index in [1.54, 1.807) is 6.07 Å². The van der Waals surface area contributed by atoms with Crippen LogP contribution in [0.5, 0.6) is 0 Å². The third-order valence-electron chi connectivity index (χ3n) is 3.97. The number of carbonyl (C=O) groups is 1. The normalized spacial score (nSPS) is 21.4. The summed E-state index contributed by atoms with van der Waals surface area (Å²) in [4.78, 5) is 14.3. The van der Waals surface area contributed by atoms with Gasteiger partial charge >= 0.3 is 0 Å². The highest BCUT2D eigenvalue weighted by atomic mass is 16.7. The minimum atomic E-state index is -0.442. The summed E-state index contributed by atoms with van der Waals surface area (Å²) < 4.78 is 11.3. The van der Waals surface area contributed by atoms with E-state index in [0.29, 0.717) is 37.6 Å². The molecule has 0 aliphatic carbocycles. The number of carbonyl (C=O) groups excluding carboxylic acids is 1. The first-order chi connectivity index (χ1) is 9.58. The van der Waals surface area contributed by atoms with Gasteiger partial charge in [0.15, 0.2) is 5.79 Å². The minimum Gasteiger partial charge on any atom is -0.399 e.